The zero-order chi connectivity index (χ0) is 15.2. The van der Waals surface area contributed by atoms with E-state index in [2.05, 4.69) is 22.2 Å². The van der Waals surface area contributed by atoms with Crippen LogP contribution in [0.5, 0.6) is 5.75 Å². The molecule has 1 aromatic rings. The molecule has 5 heteroatoms. The zero-order valence-electron chi connectivity index (χ0n) is 13.1. The summed E-state index contributed by atoms with van der Waals surface area (Å²) in [5.74, 6) is 0.741. The van der Waals surface area contributed by atoms with Gasteiger partial charge in [0.15, 0.2) is 0 Å². The van der Waals surface area contributed by atoms with Gasteiger partial charge in [-0.15, -0.1) is 0 Å². The summed E-state index contributed by atoms with van der Waals surface area (Å²) in [6, 6.07) is 7.43. The third kappa shape index (κ3) is 4.19. The molecule has 21 heavy (non-hydrogen) atoms. The van der Waals surface area contributed by atoms with Crippen molar-refractivity contribution < 1.29 is 9.53 Å². The molecule has 0 radical (unpaired) electrons. The normalized spacial score (nSPS) is 18.2. The van der Waals surface area contributed by atoms with Crippen molar-refractivity contribution in [3.05, 3.63) is 24.3 Å². The first-order valence-electron chi connectivity index (χ1n) is 7.57. The lowest BCUT2D eigenvalue weighted by atomic mass is 10.2. The molecular weight excluding hydrogens is 266 g/mol. The van der Waals surface area contributed by atoms with E-state index in [1.54, 1.807) is 0 Å². The number of hydrogen-bond acceptors (Lipinski definition) is 4. The van der Waals surface area contributed by atoms with E-state index in [9.17, 15) is 4.79 Å². The second-order valence-electron chi connectivity index (χ2n) is 5.43. The lowest BCUT2D eigenvalue weighted by Gasteiger charge is -2.35. The largest absolute Gasteiger partial charge is 0.492 e. The summed E-state index contributed by atoms with van der Waals surface area (Å²) < 4.78 is 5.54. The van der Waals surface area contributed by atoms with Crippen LogP contribution in [0.2, 0.25) is 0 Å². The van der Waals surface area contributed by atoms with Crippen LogP contribution >= 0.6 is 0 Å². The van der Waals surface area contributed by atoms with E-state index in [0.717, 1.165) is 37.6 Å². The molecule has 1 aromatic carbocycles. The molecule has 1 atom stereocenters. The number of nitrogens with one attached hydrogen (secondary N) is 1. The quantitative estimate of drug-likeness (QED) is 0.896. The summed E-state index contributed by atoms with van der Waals surface area (Å²) >= 11 is 0. The number of benzene rings is 1. The SMILES string of the molecule is CCOc1ccccc1NC(=O)C(C)N1CCN(C)CC1. The second-order valence-corrected chi connectivity index (χ2v) is 5.43. The first-order chi connectivity index (χ1) is 10.1. The van der Waals surface area contributed by atoms with Gasteiger partial charge in [0, 0.05) is 26.2 Å². The molecule has 0 aromatic heterocycles. The molecule has 0 spiro atoms. The van der Waals surface area contributed by atoms with Gasteiger partial charge in [-0.2, -0.15) is 0 Å². The van der Waals surface area contributed by atoms with Gasteiger partial charge in [0.25, 0.3) is 0 Å². The molecule has 1 amide bonds. The Hall–Kier alpha value is -1.59. The molecule has 1 N–H and O–H groups in total. The van der Waals surface area contributed by atoms with E-state index in [1.165, 1.54) is 0 Å². The van der Waals surface area contributed by atoms with Gasteiger partial charge in [-0.05, 0) is 33.0 Å². The number of likely N-dealkylation sites (N-methyl/N-ethyl adjacent to an activating group) is 1. The van der Waals surface area contributed by atoms with E-state index in [-0.39, 0.29) is 11.9 Å². The van der Waals surface area contributed by atoms with Gasteiger partial charge in [-0.3, -0.25) is 9.69 Å². The van der Waals surface area contributed by atoms with Crippen LogP contribution in [0.1, 0.15) is 13.8 Å². The monoisotopic (exact) mass is 291 g/mol. The fourth-order valence-electron chi connectivity index (χ4n) is 2.46. The smallest absolute Gasteiger partial charge is 0.241 e. The summed E-state index contributed by atoms with van der Waals surface area (Å²) in [5.41, 5.74) is 0.741. The van der Waals surface area contributed by atoms with Crippen molar-refractivity contribution in [1.82, 2.24) is 9.80 Å². The molecule has 1 heterocycles. The number of amides is 1. The van der Waals surface area contributed by atoms with Crippen LogP contribution in [0.3, 0.4) is 0 Å². The van der Waals surface area contributed by atoms with Crippen LogP contribution in [0.4, 0.5) is 5.69 Å². The molecule has 5 nitrogen and oxygen atoms in total. The molecule has 1 aliphatic heterocycles. The Balaban J connectivity index is 1.97. The predicted molar refractivity (Wildman–Crippen MR) is 84.8 cm³/mol. The van der Waals surface area contributed by atoms with E-state index >= 15 is 0 Å². The topological polar surface area (TPSA) is 44.8 Å². The Morgan fingerprint density at radius 2 is 1.95 bits per heavy atom. The number of anilines is 1. The van der Waals surface area contributed by atoms with Gasteiger partial charge in [0.1, 0.15) is 5.75 Å². The van der Waals surface area contributed by atoms with Crippen LogP contribution in [-0.4, -0.2) is 61.6 Å². The van der Waals surface area contributed by atoms with E-state index in [1.807, 2.05) is 38.1 Å². The predicted octanol–water partition coefficient (Wildman–Crippen LogP) is 1.66. The van der Waals surface area contributed by atoms with Gasteiger partial charge >= 0.3 is 0 Å². The lowest BCUT2D eigenvalue weighted by Crippen LogP contribution is -2.51. The molecule has 116 valence electrons. The number of para-hydroxylation sites is 2. The first-order valence-corrected chi connectivity index (χ1v) is 7.57. The van der Waals surface area contributed by atoms with Crippen LogP contribution < -0.4 is 10.1 Å². The van der Waals surface area contributed by atoms with Crippen LogP contribution in [0.25, 0.3) is 0 Å². The van der Waals surface area contributed by atoms with Gasteiger partial charge in [0.2, 0.25) is 5.91 Å². The van der Waals surface area contributed by atoms with Crippen molar-refractivity contribution in [2.75, 3.05) is 45.2 Å². The number of carbonyl (C=O) groups excluding carboxylic acids is 1. The highest BCUT2D eigenvalue weighted by Gasteiger charge is 2.24. The Bertz CT molecular complexity index is 470. The van der Waals surface area contributed by atoms with Gasteiger partial charge in [0.05, 0.1) is 18.3 Å². The number of piperazine rings is 1. The molecule has 1 unspecified atom stereocenters. The van der Waals surface area contributed by atoms with Crippen LogP contribution in [0, 0.1) is 0 Å². The molecule has 1 aliphatic rings. The summed E-state index contributed by atoms with van der Waals surface area (Å²) in [6.07, 6.45) is 0. The molecule has 1 fully saturated rings. The first kappa shape index (κ1) is 15.8. The fourth-order valence-corrected chi connectivity index (χ4v) is 2.46. The molecule has 0 bridgehead atoms. The molecule has 0 aliphatic carbocycles. The third-order valence-corrected chi connectivity index (χ3v) is 3.91. The maximum Gasteiger partial charge on any atom is 0.241 e. The van der Waals surface area contributed by atoms with Crippen molar-refractivity contribution in [3.63, 3.8) is 0 Å². The molecule has 0 saturated carbocycles. The minimum atomic E-state index is -0.131. The fraction of sp³-hybridized carbons (Fsp3) is 0.562. The minimum Gasteiger partial charge on any atom is -0.492 e. The maximum atomic E-state index is 12.4. The van der Waals surface area contributed by atoms with Crippen molar-refractivity contribution >= 4 is 11.6 Å². The summed E-state index contributed by atoms with van der Waals surface area (Å²) in [4.78, 5) is 16.9. The number of nitrogens with zero attached hydrogens (tertiary/aromatic N) is 2. The van der Waals surface area contributed by atoms with Gasteiger partial charge in [-0.25, -0.2) is 0 Å². The number of carbonyl (C=O) groups is 1. The van der Waals surface area contributed by atoms with Gasteiger partial charge in [-0.1, -0.05) is 12.1 Å². The van der Waals surface area contributed by atoms with Crippen LogP contribution in [0.15, 0.2) is 24.3 Å². The number of ether oxygens (including phenoxy) is 1. The Morgan fingerprint density at radius 1 is 1.29 bits per heavy atom. The molecule has 2 rings (SSSR count). The Labute approximate surface area is 126 Å². The summed E-state index contributed by atoms with van der Waals surface area (Å²) in [5, 5.41) is 2.98. The third-order valence-electron chi connectivity index (χ3n) is 3.91. The maximum absolute atomic E-state index is 12.4. The number of hydrogen-bond donors (Lipinski definition) is 1. The standard InChI is InChI=1S/C16H25N3O2/c1-4-21-15-8-6-5-7-14(15)17-16(20)13(2)19-11-9-18(3)10-12-19/h5-8,13H,4,9-12H2,1-3H3,(H,17,20). The Morgan fingerprint density at radius 3 is 2.62 bits per heavy atom. The average Bonchev–Trinajstić information content (AvgIpc) is 2.49. The van der Waals surface area contributed by atoms with Crippen molar-refractivity contribution in [1.29, 1.82) is 0 Å². The van der Waals surface area contributed by atoms with Crippen LogP contribution in [-0.2, 0) is 4.79 Å². The van der Waals surface area contributed by atoms with E-state index < -0.39 is 0 Å². The van der Waals surface area contributed by atoms with Gasteiger partial charge < -0.3 is 15.0 Å². The van der Waals surface area contributed by atoms with Crippen molar-refractivity contribution in [3.8, 4) is 5.75 Å². The van der Waals surface area contributed by atoms with Crippen molar-refractivity contribution in [2.24, 2.45) is 0 Å². The second kappa shape index (κ2) is 7.43. The highest BCUT2D eigenvalue weighted by atomic mass is 16.5. The van der Waals surface area contributed by atoms with E-state index in [4.69, 9.17) is 4.74 Å². The summed E-state index contributed by atoms with van der Waals surface area (Å²) in [7, 11) is 2.11. The Kier molecular flexibility index (Phi) is 5.59. The number of rotatable bonds is 5. The zero-order valence-corrected chi connectivity index (χ0v) is 13.1. The molecule has 1 saturated heterocycles. The summed E-state index contributed by atoms with van der Waals surface area (Å²) in [6.45, 7) is 8.35. The molecular formula is C16H25N3O2. The van der Waals surface area contributed by atoms with Crippen molar-refractivity contribution in [2.45, 2.75) is 19.9 Å². The average molecular weight is 291 g/mol. The highest BCUT2D eigenvalue weighted by Crippen LogP contribution is 2.24. The minimum absolute atomic E-state index is 0.0201. The highest BCUT2D eigenvalue weighted by molar-refractivity contribution is 5.95. The lowest BCUT2D eigenvalue weighted by molar-refractivity contribution is -0.121. The van der Waals surface area contributed by atoms with E-state index in [0.29, 0.717) is 6.61 Å².